The largest absolute Gasteiger partial charge is 0.477 e. The molecule has 0 saturated heterocycles. The standard InChI is InChI=1S/C47H85NO7/c1-6-8-10-12-14-16-18-20-22-24-25-27-29-31-33-35-37-45(49)54-42-43(41-53-40-39-44(47(51)52)48(3,4)5)55-46(50)38-36-34-32-30-28-26-23-21-19-17-15-13-11-9-7-2/h9,11,15,17,21,23,43-44H,6-8,10,12-14,16,18-20,22,24-42H2,1-5H3/p+1/b11-9-,17-15-,23-21-. The molecule has 0 radical (unpaired) electrons. The van der Waals surface area contributed by atoms with Crippen LogP contribution in [-0.4, -0.2) is 80.6 Å². The van der Waals surface area contributed by atoms with Crippen LogP contribution >= 0.6 is 0 Å². The average molecular weight is 777 g/mol. The molecule has 0 aromatic heterocycles. The summed E-state index contributed by atoms with van der Waals surface area (Å²) in [6, 6.07) is -0.616. The van der Waals surface area contributed by atoms with Crippen molar-refractivity contribution in [2.75, 3.05) is 41.0 Å². The van der Waals surface area contributed by atoms with Crippen LogP contribution in [0.25, 0.3) is 0 Å². The van der Waals surface area contributed by atoms with Gasteiger partial charge in [0.1, 0.15) is 6.61 Å². The lowest BCUT2D eigenvalue weighted by Gasteiger charge is -2.31. The number of ether oxygens (including phenoxy) is 3. The van der Waals surface area contributed by atoms with Gasteiger partial charge in [-0.25, -0.2) is 4.79 Å². The number of carboxylic acids is 1. The number of esters is 2. The van der Waals surface area contributed by atoms with Gasteiger partial charge in [-0.1, -0.05) is 166 Å². The number of allylic oxidation sites excluding steroid dienone is 6. The van der Waals surface area contributed by atoms with E-state index in [9.17, 15) is 19.5 Å². The summed E-state index contributed by atoms with van der Waals surface area (Å²) in [4.78, 5) is 37.0. The summed E-state index contributed by atoms with van der Waals surface area (Å²) in [5.74, 6) is -1.48. The molecule has 1 N–H and O–H groups in total. The van der Waals surface area contributed by atoms with Gasteiger partial charge in [0.05, 0.1) is 34.4 Å². The van der Waals surface area contributed by atoms with Crippen molar-refractivity contribution in [1.82, 2.24) is 0 Å². The monoisotopic (exact) mass is 777 g/mol. The molecule has 0 aromatic rings. The highest BCUT2D eigenvalue weighted by Gasteiger charge is 2.31. The molecular weight excluding hydrogens is 691 g/mol. The smallest absolute Gasteiger partial charge is 0.362 e. The summed E-state index contributed by atoms with van der Waals surface area (Å²) in [5.41, 5.74) is 0. The first-order chi connectivity index (χ1) is 26.6. The lowest BCUT2D eigenvalue weighted by atomic mass is 10.0. The summed E-state index contributed by atoms with van der Waals surface area (Å²) < 4.78 is 17.3. The Hall–Kier alpha value is -2.45. The van der Waals surface area contributed by atoms with E-state index in [0.29, 0.717) is 19.3 Å². The fourth-order valence-corrected chi connectivity index (χ4v) is 6.58. The molecule has 55 heavy (non-hydrogen) atoms. The fourth-order valence-electron chi connectivity index (χ4n) is 6.58. The summed E-state index contributed by atoms with van der Waals surface area (Å²) >= 11 is 0. The molecule has 0 rings (SSSR count). The first-order valence-corrected chi connectivity index (χ1v) is 22.5. The third-order valence-electron chi connectivity index (χ3n) is 10.1. The third-order valence-corrected chi connectivity index (χ3v) is 10.1. The van der Waals surface area contributed by atoms with Gasteiger partial charge in [0.25, 0.3) is 0 Å². The highest BCUT2D eigenvalue weighted by atomic mass is 16.6. The molecule has 320 valence electrons. The first-order valence-electron chi connectivity index (χ1n) is 22.5. The maximum absolute atomic E-state index is 12.7. The van der Waals surface area contributed by atoms with E-state index in [1.807, 2.05) is 21.1 Å². The Labute approximate surface area is 338 Å². The highest BCUT2D eigenvalue weighted by Crippen LogP contribution is 2.15. The number of carboxylic acid groups (broad SMARTS) is 1. The molecule has 0 heterocycles. The number of quaternary nitrogens is 1. The molecule has 8 nitrogen and oxygen atoms in total. The highest BCUT2D eigenvalue weighted by molar-refractivity contribution is 5.72. The Morgan fingerprint density at radius 3 is 1.51 bits per heavy atom. The minimum absolute atomic E-state index is 0.0552. The van der Waals surface area contributed by atoms with Crippen LogP contribution in [0.1, 0.15) is 194 Å². The molecule has 0 fully saturated rings. The van der Waals surface area contributed by atoms with Gasteiger partial charge in [-0.15, -0.1) is 0 Å². The number of hydrogen-bond acceptors (Lipinski definition) is 6. The van der Waals surface area contributed by atoms with E-state index in [0.717, 1.165) is 77.0 Å². The third kappa shape index (κ3) is 36.9. The molecule has 0 aliphatic heterocycles. The van der Waals surface area contributed by atoms with E-state index in [1.165, 1.54) is 83.5 Å². The number of likely N-dealkylation sites (N-methyl/N-ethyl adjacent to an activating group) is 1. The molecule has 0 aromatic carbocycles. The van der Waals surface area contributed by atoms with Crippen LogP contribution in [0.15, 0.2) is 36.5 Å². The van der Waals surface area contributed by atoms with Gasteiger partial charge >= 0.3 is 17.9 Å². The van der Waals surface area contributed by atoms with Gasteiger partial charge in [0, 0.05) is 19.3 Å². The fraction of sp³-hybridized carbons (Fsp3) is 0.809. The number of carbonyl (C=O) groups excluding carboxylic acids is 2. The maximum atomic E-state index is 12.7. The number of unbranched alkanes of at least 4 members (excludes halogenated alkanes) is 20. The molecule has 0 aliphatic carbocycles. The van der Waals surface area contributed by atoms with Gasteiger partial charge in [-0.2, -0.15) is 0 Å². The second kappa shape index (κ2) is 38.4. The first kappa shape index (κ1) is 52.6. The Balaban J connectivity index is 4.34. The van der Waals surface area contributed by atoms with Crippen LogP contribution in [0.4, 0.5) is 0 Å². The van der Waals surface area contributed by atoms with Gasteiger partial charge in [0.15, 0.2) is 12.1 Å². The van der Waals surface area contributed by atoms with Crippen molar-refractivity contribution in [3.8, 4) is 0 Å². The van der Waals surface area contributed by atoms with E-state index in [1.54, 1.807) is 0 Å². The maximum Gasteiger partial charge on any atom is 0.362 e. The molecule has 8 heteroatoms. The van der Waals surface area contributed by atoms with Crippen molar-refractivity contribution < 1.29 is 38.2 Å². The van der Waals surface area contributed by atoms with Crippen molar-refractivity contribution in [2.45, 2.75) is 206 Å². The summed E-state index contributed by atoms with van der Waals surface area (Å²) in [5, 5.41) is 9.62. The van der Waals surface area contributed by atoms with E-state index in [2.05, 4.69) is 50.3 Å². The quantitative estimate of drug-likeness (QED) is 0.0286. The predicted molar refractivity (Wildman–Crippen MR) is 229 cm³/mol. The normalized spacial score (nSPS) is 13.3. The lowest BCUT2D eigenvalue weighted by molar-refractivity contribution is -0.887. The minimum Gasteiger partial charge on any atom is -0.477 e. The van der Waals surface area contributed by atoms with Gasteiger partial charge in [0.2, 0.25) is 0 Å². The van der Waals surface area contributed by atoms with E-state index in [4.69, 9.17) is 14.2 Å². The Bertz CT molecular complexity index is 1000. The van der Waals surface area contributed by atoms with Gasteiger partial charge < -0.3 is 23.8 Å². The Morgan fingerprint density at radius 2 is 1.02 bits per heavy atom. The topological polar surface area (TPSA) is 99.1 Å². The molecule has 0 spiro atoms. The number of carbonyl (C=O) groups is 3. The minimum atomic E-state index is -0.877. The Morgan fingerprint density at radius 1 is 0.564 bits per heavy atom. The zero-order valence-corrected chi connectivity index (χ0v) is 36.4. The van der Waals surface area contributed by atoms with Crippen molar-refractivity contribution in [2.24, 2.45) is 0 Å². The van der Waals surface area contributed by atoms with Crippen molar-refractivity contribution in [3.63, 3.8) is 0 Å². The van der Waals surface area contributed by atoms with Gasteiger partial charge in [-0.05, 0) is 44.9 Å². The number of rotatable bonds is 40. The van der Waals surface area contributed by atoms with E-state index in [-0.39, 0.29) is 36.2 Å². The molecule has 2 unspecified atom stereocenters. The Kier molecular flexibility index (Phi) is 36.7. The van der Waals surface area contributed by atoms with Crippen LogP contribution in [0.5, 0.6) is 0 Å². The van der Waals surface area contributed by atoms with Crippen LogP contribution in [0, 0.1) is 0 Å². The van der Waals surface area contributed by atoms with Crippen LogP contribution in [0.2, 0.25) is 0 Å². The summed E-state index contributed by atoms with van der Waals surface area (Å²) in [6.45, 7) is 4.62. The zero-order valence-electron chi connectivity index (χ0n) is 36.4. The lowest BCUT2D eigenvalue weighted by Crippen LogP contribution is -2.50. The second-order valence-electron chi connectivity index (χ2n) is 16.3. The van der Waals surface area contributed by atoms with E-state index < -0.39 is 18.1 Å². The van der Waals surface area contributed by atoms with Crippen LogP contribution in [0.3, 0.4) is 0 Å². The average Bonchev–Trinajstić information content (AvgIpc) is 3.14. The molecule has 2 atom stereocenters. The van der Waals surface area contributed by atoms with E-state index >= 15 is 0 Å². The second-order valence-corrected chi connectivity index (χ2v) is 16.3. The molecule has 0 amide bonds. The number of nitrogens with zero attached hydrogens (tertiary/aromatic N) is 1. The van der Waals surface area contributed by atoms with Crippen molar-refractivity contribution in [3.05, 3.63) is 36.5 Å². The summed E-state index contributed by atoms with van der Waals surface area (Å²) in [6.07, 6.45) is 43.2. The molecule has 0 bridgehead atoms. The van der Waals surface area contributed by atoms with Crippen molar-refractivity contribution >= 4 is 17.9 Å². The van der Waals surface area contributed by atoms with Crippen LogP contribution < -0.4 is 0 Å². The SMILES string of the molecule is CC/C=C\C/C=C\C/C=C\CCCCCCCC(=O)OC(COCCC(C(=O)O)[N+](C)(C)C)COC(=O)CCCCCCCCCCCCCCCCCC. The zero-order chi connectivity index (χ0) is 40.7. The summed E-state index contributed by atoms with van der Waals surface area (Å²) in [7, 11) is 5.52. The van der Waals surface area contributed by atoms with Crippen LogP contribution in [-0.2, 0) is 28.6 Å². The molecule has 0 aliphatic rings. The predicted octanol–water partition coefficient (Wildman–Crippen LogP) is 12.2. The molecule has 0 saturated carbocycles. The van der Waals surface area contributed by atoms with Crippen molar-refractivity contribution in [1.29, 1.82) is 0 Å². The molecular formula is C47H86NO7+. The van der Waals surface area contributed by atoms with Gasteiger partial charge in [-0.3, -0.25) is 9.59 Å². The number of aliphatic carboxylic acids is 1. The number of hydrogen-bond donors (Lipinski definition) is 1.